The summed E-state index contributed by atoms with van der Waals surface area (Å²) >= 11 is 0. The molecule has 1 saturated heterocycles. The van der Waals surface area contributed by atoms with E-state index in [1.165, 1.54) is 24.3 Å². The van der Waals surface area contributed by atoms with Crippen LogP contribution in [0, 0.1) is 23.1 Å². The van der Waals surface area contributed by atoms with Crippen LogP contribution in [0.5, 0.6) is 0 Å². The van der Waals surface area contributed by atoms with E-state index in [1.807, 2.05) is 18.9 Å². The minimum Gasteiger partial charge on any atom is -0.306 e. The molecule has 0 unspecified atom stereocenters. The molecule has 0 radical (unpaired) electrons. The van der Waals surface area contributed by atoms with Crippen molar-refractivity contribution in [3.8, 4) is 6.07 Å². The van der Waals surface area contributed by atoms with Gasteiger partial charge in [0.15, 0.2) is 0 Å². The minimum absolute atomic E-state index is 0.0516. The number of hydrazine groups is 1. The molecule has 9 nitrogen and oxygen atoms in total. The number of nitrogens with zero attached hydrogens (tertiary/aromatic N) is 7. The number of aromatic nitrogens is 2. The molecular weight excluding hydrogens is 446 g/mol. The van der Waals surface area contributed by atoms with Crippen LogP contribution in [0.2, 0.25) is 0 Å². The number of carbonyl (C=O) groups excluding carboxylic acids is 1. The van der Waals surface area contributed by atoms with Crippen molar-refractivity contribution in [2.45, 2.75) is 20.3 Å². The molecule has 2 heterocycles. The van der Waals surface area contributed by atoms with Crippen LogP contribution in [0.3, 0.4) is 0 Å². The molecule has 2 amide bonds. The Kier molecular flexibility index (Phi) is 9.40. The Hall–Kier alpha value is -3.23. The number of nitriles is 1. The van der Waals surface area contributed by atoms with E-state index in [1.54, 1.807) is 11.2 Å². The fourth-order valence-corrected chi connectivity index (χ4v) is 3.96. The van der Waals surface area contributed by atoms with Crippen LogP contribution in [-0.2, 0) is 0 Å². The molecule has 0 atom stereocenters. The van der Waals surface area contributed by atoms with E-state index in [-0.39, 0.29) is 23.6 Å². The lowest BCUT2D eigenvalue weighted by atomic mass is 9.98. The first kappa shape index (κ1) is 26.4. The summed E-state index contributed by atoms with van der Waals surface area (Å²) in [7, 11) is 3.99. The summed E-state index contributed by atoms with van der Waals surface area (Å²) in [6.07, 6.45) is 2.37. The molecule has 1 aromatic carbocycles. The van der Waals surface area contributed by atoms with E-state index in [9.17, 15) is 14.4 Å². The van der Waals surface area contributed by atoms with E-state index in [4.69, 9.17) is 0 Å². The van der Waals surface area contributed by atoms with Gasteiger partial charge in [0, 0.05) is 57.7 Å². The van der Waals surface area contributed by atoms with Gasteiger partial charge in [-0.05, 0) is 49.1 Å². The van der Waals surface area contributed by atoms with Gasteiger partial charge < -0.3 is 15.1 Å². The SMILES string of the molecule is Bc1cnc(C#N)nc1N(CC(C)C)N(CCCN1CCN(C)CC1)C(=O)Nc1ccc(F)cc1. The maximum Gasteiger partial charge on any atom is 0.340 e. The van der Waals surface area contributed by atoms with Crippen molar-refractivity contribution in [1.82, 2.24) is 24.8 Å². The molecule has 1 N–H and O–H groups in total. The zero-order chi connectivity index (χ0) is 25.4. The van der Waals surface area contributed by atoms with Crippen LogP contribution < -0.4 is 15.8 Å². The number of amides is 2. The lowest BCUT2D eigenvalue weighted by Crippen LogP contribution is -2.53. The normalized spacial score (nSPS) is 14.5. The van der Waals surface area contributed by atoms with Gasteiger partial charge >= 0.3 is 6.03 Å². The van der Waals surface area contributed by atoms with Crippen molar-refractivity contribution in [3.63, 3.8) is 0 Å². The predicted molar refractivity (Wildman–Crippen MR) is 138 cm³/mol. The van der Waals surface area contributed by atoms with Crippen LogP contribution in [0.25, 0.3) is 0 Å². The number of likely N-dealkylation sites (N-methyl/N-ethyl adjacent to an activating group) is 1. The molecule has 3 rings (SSSR count). The van der Waals surface area contributed by atoms with Gasteiger partial charge in [0.1, 0.15) is 25.6 Å². The summed E-state index contributed by atoms with van der Waals surface area (Å²) in [4.78, 5) is 26.8. The Balaban J connectivity index is 1.85. The van der Waals surface area contributed by atoms with Crippen LogP contribution in [0.15, 0.2) is 30.5 Å². The number of hydrogen-bond donors (Lipinski definition) is 1. The molecule has 0 bridgehead atoms. The monoisotopic (exact) mass is 480 g/mol. The number of piperazine rings is 1. The van der Waals surface area contributed by atoms with E-state index >= 15 is 0 Å². The largest absolute Gasteiger partial charge is 0.340 e. The zero-order valence-corrected chi connectivity index (χ0v) is 21.0. The van der Waals surface area contributed by atoms with Gasteiger partial charge in [-0.2, -0.15) is 5.26 Å². The third-order valence-corrected chi connectivity index (χ3v) is 5.89. The molecule has 0 spiro atoms. The summed E-state index contributed by atoms with van der Waals surface area (Å²) in [5.74, 6) is 0.428. The van der Waals surface area contributed by atoms with Gasteiger partial charge in [-0.25, -0.2) is 24.2 Å². The first-order valence-electron chi connectivity index (χ1n) is 12.0. The summed E-state index contributed by atoms with van der Waals surface area (Å²) in [6, 6.07) is 7.34. The Labute approximate surface area is 207 Å². The third-order valence-electron chi connectivity index (χ3n) is 5.89. The van der Waals surface area contributed by atoms with Gasteiger partial charge in [0.25, 0.3) is 0 Å². The number of benzene rings is 1. The van der Waals surface area contributed by atoms with E-state index in [0.717, 1.165) is 44.6 Å². The Morgan fingerprint density at radius 1 is 1.26 bits per heavy atom. The van der Waals surface area contributed by atoms with Gasteiger partial charge in [-0.15, -0.1) is 0 Å². The predicted octanol–water partition coefficient (Wildman–Crippen LogP) is 1.29. The highest BCUT2D eigenvalue weighted by molar-refractivity contribution is 6.35. The van der Waals surface area contributed by atoms with E-state index < -0.39 is 0 Å². The molecule has 1 aliphatic rings. The van der Waals surface area contributed by atoms with E-state index in [0.29, 0.717) is 24.6 Å². The molecule has 1 fully saturated rings. The van der Waals surface area contributed by atoms with Crippen molar-refractivity contribution < 1.29 is 9.18 Å². The first-order chi connectivity index (χ1) is 16.8. The molecule has 1 aromatic heterocycles. The number of carbonyl (C=O) groups is 1. The topological polar surface area (TPSA) is 91.6 Å². The number of anilines is 2. The third kappa shape index (κ3) is 7.63. The number of urea groups is 1. The quantitative estimate of drug-likeness (QED) is 0.427. The van der Waals surface area contributed by atoms with Gasteiger partial charge in [-0.3, -0.25) is 5.01 Å². The molecular formula is C24H34BFN8O. The zero-order valence-electron chi connectivity index (χ0n) is 21.0. The minimum atomic E-state index is -0.367. The highest BCUT2D eigenvalue weighted by Gasteiger charge is 2.26. The Morgan fingerprint density at radius 3 is 2.57 bits per heavy atom. The molecule has 0 saturated carbocycles. The maximum atomic E-state index is 13.5. The highest BCUT2D eigenvalue weighted by Crippen LogP contribution is 2.17. The first-order valence-corrected chi connectivity index (χ1v) is 12.0. The summed E-state index contributed by atoms with van der Waals surface area (Å²) in [5.41, 5.74) is 1.27. The summed E-state index contributed by atoms with van der Waals surface area (Å²) in [6.45, 7) is 10.1. The van der Waals surface area contributed by atoms with E-state index in [2.05, 4.69) is 46.0 Å². The maximum absolute atomic E-state index is 13.5. The van der Waals surface area contributed by atoms with Gasteiger partial charge in [0.05, 0.1) is 0 Å². The van der Waals surface area contributed by atoms with Crippen molar-refractivity contribution >= 4 is 30.8 Å². The second kappa shape index (κ2) is 12.5. The van der Waals surface area contributed by atoms with Crippen molar-refractivity contribution in [2.24, 2.45) is 5.92 Å². The van der Waals surface area contributed by atoms with Crippen molar-refractivity contribution in [1.29, 1.82) is 5.26 Å². The molecule has 186 valence electrons. The Bertz CT molecular complexity index is 1020. The van der Waals surface area contributed by atoms with Gasteiger partial charge in [0.2, 0.25) is 5.82 Å². The molecule has 11 heteroatoms. The van der Waals surface area contributed by atoms with Crippen LogP contribution in [-0.4, -0.2) is 91.5 Å². The lowest BCUT2D eigenvalue weighted by molar-refractivity contribution is 0.146. The standard InChI is InChI=1S/C24H34BFN8O/c1-18(2)17-34(23-21(25)16-28-22(15-27)30-23)33(10-4-9-32-13-11-31(3)12-14-32)24(35)29-20-7-5-19(26)6-8-20/h5-8,16,18H,4,9-14,17,25H2,1-3H3,(H,29,35). The number of rotatable bonds is 9. The van der Waals surface area contributed by atoms with Crippen molar-refractivity contribution in [3.05, 3.63) is 42.1 Å². The summed E-state index contributed by atoms with van der Waals surface area (Å²) < 4.78 is 13.4. The fraction of sp³-hybridized carbons (Fsp3) is 0.500. The average Bonchev–Trinajstić information content (AvgIpc) is 2.83. The van der Waals surface area contributed by atoms with Crippen LogP contribution in [0.4, 0.5) is 20.7 Å². The number of hydrogen-bond acceptors (Lipinski definition) is 7. The smallest absolute Gasteiger partial charge is 0.306 e. The van der Waals surface area contributed by atoms with Crippen LogP contribution in [0.1, 0.15) is 26.1 Å². The molecule has 0 aliphatic carbocycles. The van der Waals surface area contributed by atoms with Gasteiger partial charge in [-0.1, -0.05) is 13.8 Å². The van der Waals surface area contributed by atoms with Crippen molar-refractivity contribution in [2.75, 3.05) is 63.2 Å². The number of halogens is 1. The fourth-order valence-electron chi connectivity index (χ4n) is 3.96. The second-order valence-electron chi connectivity index (χ2n) is 9.35. The average molecular weight is 480 g/mol. The summed E-state index contributed by atoms with van der Waals surface area (Å²) in [5, 5.41) is 15.7. The lowest BCUT2D eigenvalue weighted by Gasteiger charge is -2.38. The number of nitrogens with one attached hydrogen (secondary N) is 1. The highest BCUT2D eigenvalue weighted by atomic mass is 19.1. The molecule has 35 heavy (non-hydrogen) atoms. The Morgan fingerprint density at radius 2 is 1.94 bits per heavy atom. The molecule has 2 aromatic rings. The second-order valence-corrected chi connectivity index (χ2v) is 9.35. The molecule has 1 aliphatic heterocycles. The van der Waals surface area contributed by atoms with Crippen LogP contribution >= 0.6 is 0 Å².